The molecule has 0 radical (unpaired) electrons. The van der Waals surface area contributed by atoms with E-state index < -0.39 is 5.97 Å². The zero-order valence-electron chi connectivity index (χ0n) is 8.49. The van der Waals surface area contributed by atoms with E-state index in [2.05, 4.69) is 0 Å². The van der Waals surface area contributed by atoms with E-state index in [4.69, 9.17) is 9.84 Å². The molecule has 4 heteroatoms. The van der Waals surface area contributed by atoms with Crippen LogP contribution in [0.15, 0.2) is 12.3 Å². The van der Waals surface area contributed by atoms with E-state index in [0.29, 0.717) is 18.8 Å². The van der Waals surface area contributed by atoms with Crippen molar-refractivity contribution in [2.75, 3.05) is 13.7 Å². The quantitative estimate of drug-likeness (QED) is 0.728. The molecule has 1 N–H and O–H groups in total. The van der Waals surface area contributed by atoms with Gasteiger partial charge in [0.1, 0.15) is 5.69 Å². The number of carbonyl (C=O) groups is 1. The average Bonchev–Trinajstić information content (AvgIpc) is 2.47. The third-order valence-electron chi connectivity index (χ3n) is 2.12. The zero-order chi connectivity index (χ0) is 10.6. The molecule has 0 amide bonds. The molecule has 0 aliphatic heterocycles. The lowest BCUT2D eigenvalue weighted by atomic mass is 10.3. The average molecular weight is 197 g/mol. The van der Waals surface area contributed by atoms with Crippen LogP contribution in [0.1, 0.15) is 22.5 Å². The van der Waals surface area contributed by atoms with Crippen LogP contribution >= 0.6 is 0 Å². The number of rotatable bonds is 5. The molecule has 1 aromatic rings. The Morgan fingerprint density at radius 3 is 2.93 bits per heavy atom. The Morgan fingerprint density at radius 1 is 1.64 bits per heavy atom. The second-order valence-corrected chi connectivity index (χ2v) is 3.19. The summed E-state index contributed by atoms with van der Waals surface area (Å²) in [5.74, 6) is -0.870. The number of methoxy groups -OCH3 is 1. The van der Waals surface area contributed by atoms with Crippen LogP contribution in [0.25, 0.3) is 0 Å². The highest BCUT2D eigenvalue weighted by molar-refractivity contribution is 5.87. The van der Waals surface area contributed by atoms with Crippen molar-refractivity contribution in [1.82, 2.24) is 4.57 Å². The Morgan fingerprint density at radius 2 is 2.36 bits per heavy atom. The highest BCUT2D eigenvalue weighted by Gasteiger charge is 2.12. The molecule has 1 rings (SSSR count). The predicted molar refractivity (Wildman–Crippen MR) is 52.6 cm³/mol. The largest absolute Gasteiger partial charge is 0.477 e. The Kier molecular flexibility index (Phi) is 3.71. The van der Waals surface area contributed by atoms with Gasteiger partial charge in [-0.15, -0.1) is 0 Å². The Hall–Kier alpha value is -1.29. The van der Waals surface area contributed by atoms with Crippen molar-refractivity contribution >= 4 is 5.97 Å². The molecule has 0 saturated heterocycles. The van der Waals surface area contributed by atoms with Crippen LogP contribution in [-0.2, 0) is 11.3 Å². The zero-order valence-corrected chi connectivity index (χ0v) is 8.49. The Balaban J connectivity index is 2.71. The van der Waals surface area contributed by atoms with E-state index in [1.165, 1.54) is 0 Å². The SMILES string of the molecule is COCCCn1ccc(C)c1C(=O)O. The van der Waals surface area contributed by atoms with Gasteiger partial charge in [-0.1, -0.05) is 0 Å². The fraction of sp³-hybridized carbons (Fsp3) is 0.500. The Bertz CT molecular complexity index is 317. The maximum atomic E-state index is 10.9. The lowest BCUT2D eigenvalue weighted by molar-refractivity contribution is 0.0683. The molecule has 1 heterocycles. The molecule has 4 nitrogen and oxygen atoms in total. The summed E-state index contributed by atoms with van der Waals surface area (Å²) >= 11 is 0. The number of aryl methyl sites for hydroxylation is 2. The van der Waals surface area contributed by atoms with Crippen LogP contribution in [-0.4, -0.2) is 29.4 Å². The monoisotopic (exact) mass is 197 g/mol. The molecule has 0 bridgehead atoms. The number of carboxylic acids is 1. The van der Waals surface area contributed by atoms with E-state index in [1.54, 1.807) is 24.8 Å². The van der Waals surface area contributed by atoms with Crippen molar-refractivity contribution in [3.8, 4) is 0 Å². The van der Waals surface area contributed by atoms with E-state index in [-0.39, 0.29) is 0 Å². The second kappa shape index (κ2) is 4.81. The van der Waals surface area contributed by atoms with Crippen LogP contribution in [0, 0.1) is 6.92 Å². The van der Waals surface area contributed by atoms with E-state index in [1.807, 2.05) is 6.07 Å². The van der Waals surface area contributed by atoms with Crippen LogP contribution in [0.5, 0.6) is 0 Å². The molecule has 78 valence electrons. The first kappa shape index (κ1) is 10.8. The van der Waals surface area contributed by atoms with Gasteiger partial charge in [-0.3, -0.25) is 0 Å². The first-order valence-electron chi connectivity index (χ1n) is 4.54. The minimum atomic E-state index is -0.870. The van der Waals surface area contributed by atoms with Crippen molar-refractivity contribution < 1.29 is 14.6 Å². The van der Waals surface area contributed by atoms with Gasteiger partial charge in [0.2, 0.25) is 0 Å². The summed E-state index contributed by atoms with van der Waals surface area (Å²) in [6.07, 6.45) is 2.62. The van der Waals surface area contributed by atoms with E-state index >= 15 is 0 Å². The molecule has 0 aliphatic carbocycles. The first-order valence-corrected chi connectivity index (χ1v) is 4.54. The lowest BCUT2D eigenvalue weighted by Gasteiger charge is -2.06. The minimum absolute atomic E-state index is 0.376. The van der Waals surface area contributed by atoms with Crippen LogP contribution in [0.2, 0.25) is 0 Å². The third kappa shape index (κ3) is 2.35. The number of aromatic carboxylic acids is 1. The number of carboxylic acid groups (broad SMARTS) is 1. The third-order valence-corrected chi connectivity index (χ3v) is 2.12. The van der Waals surface area contributed by atoms with E-state index in [9.17, 15) is 4.79 Å². The molecule has 1 aromatic heterocycles. The lowest BCUT2D eigenvalue weighted by Crippen LogP contribution is -2.10. The van der Waals surface area contributed by atoms with Gasteiger partial charge in [0.05, 0.1) is 0 Å². The van der Waals surface area contributed by atoms with Gasteiger partial charge in [0.15, 0.2) is 0 Å². The summed E-state index contributed by atoms with van der Waals surface area (Å²) < 4.78 is 6.66. The smallest absolute Gasteiger partial charge is 0.352 e. The maximum Gasteiger partial charge on any atom is 0.352 e. The van der Waals surface area contributed by atoms with Crippen molar-refractivity contribution in [3.05, 3.63) is 23.5 Å². The number of aromatic nitrogens is 1. The van der Waals surface area contributed by atoms with Gasteiger partial charge in [-0.25, -0.2) is 4.79 Å². The minimum Gasteiger partial charge on any atom is -0.477 e. The van der Waals surface area contributed by atoms with Crippen LogP contribution < -0.4 is 0 Å². The highest BCUT2D eigenvalue weighted by atomic mass is 16.5. The second-order valence-electron chi connectivity index (χ2n) is 3.19. The Labute approximate surface area is 83.1 Å². The molecule has 0 atom stereocenters. The maximum absolute atomic E-state index is 10.9. The van der Waals surface area contributed by atoms with Gasteiger partial charge in [-0.2, -0.15) is 0 Å². The number of nitrogens with zero attached hydrogens (tertiary/aromatic N) is 1. The van der Waals surface area contributed by atoms with E-state index in [0.717, 1.165) is 12.0 Å². The summed E-state index contributed by atoms with van der Waals surface area (Å²) in [7, 11) is 1.64. The van der Waals surface area contributed by atoms with Gasteiger partial charge in [0.25, 0.3) is 0 Å². The normalized spacial score (nSPS) is 10.4. The number of hydrogen-bond donors (Lipinski definition) is 1. The molecule has 0 spiro atoms. The summed E-state index contributed by atoms with van der Waals surface area (Å²) in [6, 6.07) is 1.82. The first-order chi connectivity index (χ1) is 6.66. The van der Waals surface area contributed by atoms with Crippen molar-refractivity contribution in [2.24, 2.45) is 0 Å². The molecule has 14 heavy (non-hydrogen) atoms. The van der Waals surface area contributed by atoms with Gasteiger partial charge in [-0.05, 0) is 25.0 Å². The van der Waals surface area contributed by atoms with Gasteiger partial charge < -0.3 is 14.4 Å². The summed E-state index contributed by atoms with van der Waals surface area (Å²) in [4.78, 5) is 10.9. The predicted octanol–water partition coefficient (Wildman–Crippen LogP) is 1.53. The van der Waals surface area contributed by atoms with Crippen molar-refractivity contribution in [1.29, 1.82) is 0 Å². The number of ether oxygens (including phenoxy) is 1. The molecule has 0 unspecified atom stereocenters. The molecule has 0 fully saturated rings. The highest BCUT2D eigenvalue weighted by Crippen LogP contribution is 2.10. The van der Waals surface area contributed by atoms with Gasteiger partial charge >= 0.3 is 5.97 Å². The summed E-state index contributed by atoms with van der Waals surface area (Å²) in [6.45, 7) is 3.13. The topological polar surface area (TPSA) is 51.5 Å². The molecular formula is C10H15NO3. The van der Waals surface area contributed by atoms with Crippen LogP contribution in [0.3, 0.4) is 0 Å². The summed E-state index contributed by atoms with van der Waals surface area (Å²) in [5, 5.41) is 8.94. The molecule has 0 aromatic carbocycles. The summed E-state index contributed by atoms with van der Waals surface area (Å²) in [5.41, 5.74) is 1.18. The molecular weight excluding hydrogens is 182 g/mol. The van der Waals surface area contributed by atoms with Gasteiger partial charge in [0, 0.05) is 26.5 Å². The fourth-order valence-electron chi connectivity index (χ4n) is 1.44. The number of hydrogen-bond acceptors (Lipinski definition) is 2. The molecule has 0 saturated carbocycles. The van der Waals surface area contributed by atoms with Crippen molar-refractivity contribution in [3.63, 3.8) is 0 Å². The standard InChI is InChI=1S/C10H15NO3/c1-8-4-6-11(5-3-7-14-2)9(8)10(12)13/h4,6H,3,5,7H2,1-2H3,(H,12,13). The van der Waals surface area contributed by atoms with Crippen LogP contribution in [0.4, 0.5) is 0 Å². The fourth-order valence-corrected chi connectivity index (χ4v) is 1.44. The molecule has 0 aliphatic rings. The van der Waals surface area contributed by atoms with Crippen molar-refractivity contribution in [2.45, 2.75) is 19.9 Å².